The molecule has 2 rings (SSSR count). The van der Waals surface area contributed by atoms with E-state index in [1.54, 1.807) is 19.2 Å². The standard InChI is InChI=1S/C18H21NO3/c1-13-8-9-14(2)16(12-13)19-18(20)15-6-4-5-7-17(15)22-11-10-21-3/h4-9,12H,10-11H2,1-3H3,(H,19,20). The molecule has 0 heterocycles. The average molecular weight is 299 g/mol. The van der Waals surface area contributed by atoms with Gasteiger partial charge in [-0.25, -0.2) is 0 Å². The number of rotatable bonds is 6. The lowest BCUT2D eigenvalue weighted by Crippen LogP contribution is -2.15. The van der Waals surface area contributed by atoms with Crippen molar-refractivity contribution in [1.82, 2.24) is 0 Å². The Labute approximate surface area is 131 Å². The molecule has 0 aliphatic heterocycles. The van der Waals surface area contributed by atoms with E-state index in [2.05, 4.69) is 5.32 Å². The van der Waals surface area contributed by atoms with E-state index in [1.165, 1.54) is 0 Å². The number of hydrogen-bond acceptors (Lipinski definition) is 3. The fraction of sp³-hybridized carbons (Fsp3) is 0.278. The number of nitrogens with one attached hydrogen (secondary N) is 1. The Bertz CT molecular complexity index is 653. The maximum Gasteiger partial charge on any atom is 0.259 e. The van der Waals surface area contributed by atoms with Crippen molar-refractivity contribution in [3.63, 3.8) is 0 Å². The number of hydrogen-bond donors (Lipinski definition) is 1. The van der Waals surface area contributed by atoms with E-state index in [4.69, 9.17) is 9.47 Å². The lowest BCUT2D eigenvalue weighted by Gasteiger charge is -2.13. The number of amides is 1. The molecule has 4 heteroatoms. The molecule has 1 N–H and O–H groups in total. The zero-order valence-electron chi connectivity index (χ0n) is 13.2. The second-order valence-corrected chi connectivity index (χ2v) is 5.11. The van der Waals surface area contributed by atoms with Crippen molar-refractivity contribution in [2.75, 3.05) is 25.6 Å². The third-order valence-electron chi connectivity index (χ3n) is 3.32. The van der Waals surface area contributed by atoms with E-state index < -0.39 is 0 Å². The number of benzene rings is 2. The maximum absolute atomic E-state index is 12.5. The minimum atomic E-state index is -0.179. The summed E-state index contributed by atoms with van der Waals surface area (Å²) in [5.41, 5.74) is 3.46. The summed E-state index contributed by atoms with van der Waals surface area (Å²) in [5, 5.41) is 2.95. The summed E-state index contributed by atoms with van der Waals surface area (Å²) < 4.78 is 10.6. The van der Waals surface area contributed by atoms with Crippen molar-refractivity contribution in [2.24, 2.45) is 0 Å². The van der Waals surface area contributed by atoms with E-state index in [0.29, 0.717) is 24.5 Å². The predicted molar refractivity (Wildman–Crippen MR) is 87.7 cm³/mol. The minimum Gasteiger partial charge on any atom is -0.490 e. The number of carbonyl (C=O) groups is 1. The number of carbonyl (C=O) groups excluding carboxylic acids is 1. The van der Waals surface area contributed by atoms with Crippen LogP contribution in [0.2, 0.25) is 0 Å². The summed E-state index contributed by atoms with van der Waals surface area (Å²) >= 11 is 0. The van der Waals surface area contributed by atoms with Crippen LogP contribution in [0.5, 0.6) is 5.75 Å². The molecule has 116 valence electrons. The topological polar surface area (TPSA) is 47.6 Å². The van der Waals surface area contributed by atoms with Gasteiger partial charge < -0.3 is 14.8 Å². The summed E-state index contributed by atoms with van der Waals surface area (Å²) in [7, 11) is 1.61. The molecule has 0 fully saturated rings. The fourth-order valence-electron chi connectivity index (χ4n) is 2.08. The van der Waals surface area contributed by atoms with Gasteiger partial charge in [-0.1, -0.05) is 24.3 Å². The van der Waals surface area contributed by atoms with Crippen LogP contribution in [0.3, 0.4) is 0 Å². The number of aryl methyl sites for hydroxylation is 2. The van der Waals surface area contributed by atoms with Crippen LogP contribution in [0.15, 0.2) is 42.5 Å². The molecule has 0 radical (unpaired) electrons. The van der Waals surface area contributed by atoms with Gasteiger partial charge in [0.2, 0.25) is 0 Å². The highest BCUT2D eigenvalue weighted by molar-refractivity contribution is 6.06. The van der Waals surface area contributed by atoms with Gasteiger partial charge in [0.25, 0.3) is 5.91 Å². The summed E-state index contributed by atoms with van der Waals surface area (Å²) in [6.45, 7) is 4.85. The maximum atomic E-state index is 12.5. The first-order chi connectivity index (χ1) is 10.6. The largest absolute Gasteiger partial charge is 0.490 e. The first-order valence-corrected chi connectivity index (χ1v) is 7.21. The van der Waals surface area contributed by atoms with Crippen LogP contribution in [0.25, 0.3) is 0 Å². The first-order valence-electron chi connectivity index (χ1n) is 7.21. The SMILES string of the molecule is COCCOc1ccccc1C(=O)Nc1cc(C)ccc1C. The monoisotopic (exact) mass is 299 g/mol. The molecule has 2 aromatic rings. The van der Waals surface area contributed by atoms with Crippen LogP contribution in [0, 0.1) is 13.8 Å². The molecule has 0 spiro atoms. The molecule has 0 aliphatic rings. The van der Waals surface area contributed by atoms with Crippen molar-refractivity contribution in [2.45, 2.75) is 13.8 Å². The quantitative estimate of drug-likeness (QED) is 0.829. The molecule has 0 aromatic heterocycles. The van der Waals surface area contributed by atoms with E-state index in [9.17, 15) is 4.79 Å². The first kappa shape index (κ1) is 16.0. The van der Waals surface area contributed by atoms with Gasteiger partial charge in [-0.15, -0.1) is 0 Å². The second-order valence-electron chi connectivity index (χ2n) is 5.11. The van der Waals surface area contributed by atoms with Crippen LogP contribution in [-0.4, -0.2) is 26.2 Å². The van der Waals surface area contributed by atoms with Gasteiger partial charge >= 0.3 is 0 Å². The molecule has 2 aromatic carbocycles. The highest BCUT2D eigenvalue weighted by atomic mass is 16.5. The molecule has 1 amide bonds. The molecule has 0 bridgehead atoms. The molecule has 22 heavy (non-hydrogen) atoms. The molecule has 0 atom stereocenters. The molecule has 0 unspecified atom stereocenters. The van der Waals surface area contributed by atoms with Crippen molar-refractivity contribution in [3.05, 3.63) is 59.2 Å². The smallest absolute Gasteiger partial charge is 0.259 e. The van der Waals surface area contributed by atoms with Gasteiger partial charge in [0.1, 0.15) is 12.4 Å². The Morgan fingerprint density at radius 2 is 1.86 bits per heavy atom. The van der Waals surface area contributed by atoms with Crippen LogP contribution < -0.4 is 10.1 Å². The summed E-state index contributed by atoms with van der Waals surface area (Å²) in [4.78, 5) is 12.5. The number of anilines is 1. The van der Waals surface area contributed by atoms with Gasteiger partial charge in [-0.3, -0.25) is 4.79 Å². The lowest BCUT2D eigenvalue weighted by atomic mass is 10.1. The molecule has 0 aliphatic carbocycles. The van der Waals surface area contributed by atoms with Crippen LogP contribution >= 0.6 is 0 Å². The molecule has 4 nitrogen and oxygen atoms in total. The van der Waals surface area contributed by atoms with Gasteiger partial charge in [0.15, 0.2) is 0 Å². The van der Waals surface area contributed by atoms with E-state index in [1.807, 2.05) is 44.2 Å². The Morgan fingerprint density at radius 1 is 1.09 bits per heavy atom. The Balaban J connectivity index is 2.17. The van der Waals surface area contributed by atoms with Crippen molar-refractivity contribution in [3.8, 4) is 5.75 Å². The third-order valence-corrected chi connectivity index (χ3v) is 3.32. The van der Waals surface area contributed by atoms with Crippen molar-refractivity contribution >= 4 is 11.6 Å². The van der Waals surface area contributed by atoms with E-state index in [0.717, 1.165) is 16.8 Å². The zero-order chi connectivity index (χ0) is 15.9. The van der Waals surface area contributed by atoms with Crippen LogP contribution in [0.4, 0.5) is 5.69 Å². The van der Waals surface area contributed by atoms with Crippen molar-refractivity contribution in [1.29, 1.82) is 0 Å². The molecule has 0 saturated carbocycles. The predicted octanol–water partition coefficient (Wildman–Crippen LogP) is 3.58. The fourth-order valence-corrected chi connectivity index (χ4v) is 2.08. The lowest BCUT2D eigenvalue weighted by molar-refractivity contribution is 0.101. The van der Waals surface area contributed by atoms with Gasteiger partial charge in [-0.05, 0) is 43.2 Å². The Morgan fingerprint density at radius 3 is 2.64 bits per heavy atom. The van der Waals surface area contributed by atoms with Crippen molar-refractivity contribution < 1.29 is 14.3 Å². The van der Waals surface area contributed by atoms with Gasteiger partial charge in [0.05, 0.1) is 12.2 Å². The molecule has 0 saturated heterocycles. The number of para-hydroxylation sites is 1. The summed E-state index contributed by atoms with van der Waals surface area (Å²) in [6.07, 6.45) is 0. The highest BCUT2D eigenvalue weighted by Gasteiger charge is 2.13. The van der Waals surface area contributed by atoms with E-state index in [-0.39, 0.29) is 5.91 Å². The van der Waals surface area contributed by atoms with Gasteiger partial charge in [0, 0.05) is 12.8 Å². The molecular weight excluding hydrogens is 278 g/mol. The summed E-state index contributed by atoms with van der Waals surface area (Å²) in [5.74, 6) is 0.379. The Hall–Kier alpha value is -2.33. The molecular formula is C18H21NO3. The minimum absolute atomic E-state index is 0.179. The average Bonchev–Trinajstić information content (AvgIpc) is 2.51. The van der Waals surface area contributed by atoms with Crippen LogP contribution in [-0.2, 0) is 4.74 Å². The third kappa shape index (κ3) is 4.09. The van der Waals surface area contributed by atoms with Crippen LogP contribution in [0.1, 0.15) is 21.5 Å². The zero-order valence-corrected chi connectivity index (χ0v) is 13.2. The van der Waals surface area contributed by atoms with Gasteiger partial charge in [-0.2, -0.15) is 0 Å². The normalized spacial score (nSPS) is 10.3. The van der Waals surface area contributed by atoms with E-state index >= 15 is 0 Å². The second kappa shape index (κ2) is 7.61. The summed E-state index contributed by atoms with van der Waals surface area (Å²) in [6, 6.07) is 13.2. The number of methoxy groups -OCH3 is 1. The highest BCUT2D eigenvalue weighted by Crippen LogP contribution is 2.22. The Kier molecular flexibility index (Phi) is 5.55. The number of ether oxygens (including phenoxy) is 2.